The van der Waals surface area contributed by atoms with Crippen molar-refractivity contribution >= 4 is 23.1 Å². The Labute approximate surface area is 91.2 Å². The van der Waals surface area contributed by atoms with Gasteiger partial charge in [0.05, 0.1) is 24.0 Å². The molecular weight excluding hydrogens is 216 g/mol. The van der Waals surface area contributed by atoms with Crippen LogP contribution in [0.15, 0.2) is 12.3 Å². The number of methoxy groups -OCH3 is 1. The molecule has 1 atom stereocenters. The van der Waals surface area contributed by atoms with Crippen molar-refractivity contribution in [3.63, 3.8) is 0 Å². The third-order valence-electron chi connectivity index (χ3n) is 1.76. The highest BCUT2D eigenvalue weighted by Gasteiger charge is 2.12. The van der Waals surface area contributed by atoms with Gasteiger partial charge in [0, 0.05) is 6.20 Å². The Bertz CT molecular complexity index is 368. The molecule has 0 spiro atoms. The van der Waals surface area contributed by atoms with Crippen LogP contribution in [-0.4, -0.2) is 28.9 Å². The summed E-state index contributed by atoms with van der Waals surface area (Å²) in [5.41, 5.74) is 1.13. The Balaban J connectivity index is 3.00. The average molecular weight is 228 g/mol. The van der Waals surface area contributed by atoms with Gasteiger partial charge in [0.15, 0.2) is 5.82 Å². The smallest absolute Gasteiger partial charge is 0.338 e. The number of nitrogens with one attached hydrogen (secondary N) is 1. The van der Waals surface area contributed by atoms with Gasteiger partial charge in [-0.15, -0.1) is 0 Å². The van der Waals surface area contributed by atoms with E-state index in [1.54, 1.807) is 6.92 Å². The summed E-state index contributed by atoms with van der Waals surface area (Å²) in [6.07, 6.45) is 3.01. The molecule has 1 heterocycles. The van der Waals surface area contributed by atoms with Gasteiger partial charge in [-0.05, 0) is 18.6 Å². The van der Waals surface area contributed by atoms with Crippen molar-refractivity contribution in [2.45, 2.75) is 6.92 Å². The molecule has 1 N–H and O–H groups in total. The summed E-state index contributed by atoms with van der Waals surface area (Å²) >= 11 is -1.21. The molecule has 0 aromatic carbocycles. The van der Waals surface area contributed by atoms with Gasteiger partial charge in [0.25, 0.3) is 0 Å². The van der Waals surface area contributed by atoms with Gasteiger partial charge in [-0.1, -0.05) is 0 Å². The van der Waals surface area contributed by atoms with E-state index in [1.165, 1.54) is 25.6 Å². The molecule has 0 bridgehead atoms. The van der Waals surface area contributed by atoms with Crippen LogP contribution in [-0.2, 0) is 16.1 Å². The van der Waals surface area contributed by atoms with Crippen LogP contribution in [0.2, 0.25) is 0 Å². The van der Waals surface area contributed by atoms with E-state index in [2.05, 4.69) is 14.4 Å². The van der Waals surface area contributed by atoms with Gasteiger partial charge < -0.3 is 9.29 Å². The molecule has 82 valence electrons. The van der Waals surface area contributed by atoms with Gasteiger partial charge in [-0.2, -0.15) is 4.72 Å². The molecule has 15 heavy (non-hydrogen) atoms. The first-order chi connectivity index (χ1) is 7.04. The predicted octanol–water partition coefficient (Wildman–Crippen LogP) is 0.882. The number of aryl methyl sites for hydroxylation is 1. The molecule has 6 heteroatoms. The molecule has 0 aliphatic carbocycles. The molecule has 1 rings (SSSR count). The zero-order valence-corrected chi connectivity index (χ0v) is 9.55. The largest absolute Gasteiger partial charge is 0.593 e. The number of hydrogen-bond acceptors (Lipinski definition) is 5. The number of hydrogen-bond donors (Lipinski definition) is 1. The minimum Gasteiger partial charge on any atom is -0.593 e. The molecular formula is C9H12N2O3S. The second kappa shape index (κ2) is 4.99. The molecule has 0 amide bonds. The Morgan fingerprint density at radius 1 is 1.67 bits per heavy atom. The Morgan fingerprint density at radius 3 is 2.87 bits per heavy atom. The lowest BCUT2D eigenvalue weighted by molar-refractivity contribution is 0.0600. The number of esters is 1. The minimum absolute atomic E-state index is 0.391. The molecule has 5 nitrogen and oxygen atoms in total. The molecule has 1 aromatic rings. The van der Waals surface area contributed by atoms with Crippen molar-refractivity contribution in [2.75, 3.05) is 18.1 Å². The first-order valence-corrected chi connectivity index (χ1v) is 5.75. The van der Waals surface area contributed by atoms with Crippen LogP contribution < -0.4 is 4.72 Å². The van der Waals surface area contributed by atoms with Crippen molar-refractivity contribution in [1.82, 2.24) is 4.98 Å². The molecule has 1 aromatic heterocycles. The highest BCUT2D eigenvalue weighted by Crippen LogP contribution is 2.13. The van der Waals surface area contributed by atoms with Crippen LogP contribution in [0.1, 0.15) is 15.9 Å². The van der Waals surface area contributed by atoms with E-state index in [9.17, 15) is 9.35 Å². The van der Waals surface area contributed by atoms with Crippen LogP contribution in [0.4, 0.5) is 5.82 Å². The number of pyridine rings is 1. The Kier molecular flexibility index (Phi) is 3.93. The van der Waals surface area contributed by atoms with Crippen molar-refractivity contribution in [3.8, 4) is 0 Å². The normalized spacial score (nSPS) is 12.0. The first-order valence-electron chi connectivity index (χ1n) is 4.19. The van der Waals surface area contributed by atoms with Crippen molar-refractivity contribution in [1.29, 1.82) is 0 Å². The van der Waals surface area contributed by atoms with E-state index in [4.69, 9.17) is 0 Å². The summed E-state index contributed by atoms with van der Waals surface area (Å²) in [7, 11) is 1.31. The zero-order valence-electron chi connectivity index (χ0n) is 8.73. The third-order valence-corrected chi connectivity index (χ3v) is 2.25. The summed E-state index contributed by atoms with van der Waals surface area (Å²) in [6, 6.07) is 1.52. The maximum absolute atomic E-state index is 11.3. The lowest BCUT2D eigenvalue weighted by Gasteiger charge is -2.08. The summed E-state index contributed by atoms with van der Waals surface area (Å²) in [6.45, 7) is 1.76. The van der Waals surface area contributed by atoms with Gasteiger partial charge in [0.2, 0.25) is 0 Å². The predicted molar refractivity (Wildman–Crippen MR) is 58.0 cm³/mol. The van der Waals surface area contributed by atoms with Gasteiger partial charge in [0.1, 0.15) is 6.26 Å². The lowest BCUT2D eigenvalue weighted by atomic mass is 10.1. The topological polar surface area (TPSA) is 74.3 Å². The van der Waals surface area contributed by atoms with Crippen LogP contribution in [0.3, 0.4) is 0 Å². The standard InChI is InChI=1S/C9H12N2O3S/c1-6-5-10-8(11-15(3)13)4-7(6)9(12)14-2/h4-5H,1-3H3,(H,10,11). The van der Waals surface area contributed by atoms with Crippen molar-refractivity contribution < 1.29 is 14.1 Å². The molecule has 1 unspecified atom stereocenters. The fraction of sp³-hybridized carbons (Fsp3) is 0.333. The van der Waals surface area contributed by atoms with Crippen LogP contribution >= 0.6 is 0 Å². The average Bonchev–Trinajstić information content (AvgIpc) is 2.19. The Morgan fingerprint density at radius 2 is 2.33 bits per heavy atom. The van der Waals surface area contributed by atoms with E-state index in [1.807, 2.05) is 0 Å². The van der Waals surface area contributed by atoms with Gasteiger partial charge >= 0.3 is 5.97 Å². The van der Waals surface area contributed by atoms with Crippen LogP contribution in [0.25, 0.3) is 0 Å². The third kappa shape index (κ3) is 3.10. The number of aromatic nitrogens is 1. The number of anilines is 1. The minimum atomic E-state index is -1.21. The highest BCUT2D eigenvalue weighted by atomic mass is 32.2. The fourth-order valence-electron chi connectivity index (χ4n) is 1.06. The lowest BCUT2D eigenvalue weighted by Crippen LogP contribution is -2.12. The van der Waals surface area contributed by atoms with E-state index >= 15 is 0 Å². The SMILES string of the molecule is COC(=O)c1cc(N[S+](C)[O-])ncc1C. The summed E-state index contributed by atoms with van der Waals surface area (Å²) in [5, 5.41) is 0. The van der Waals surface area contributed by atoms with E-state index in [0.717, 1.165) is 0 Å². The molecule has 0 fully saturated rings. The highest BCUT2D eigenvalue weighted by molar-refractivity contribution is 7.92. The molecule has 0 radical (unpaired) electrons. The number of ether oxygens (including phenoxy) is 1. The number of carbonyl (C=O) groups excluding carboxylic acids is 1. The second-order valence-electron chi connectivity index (χ2n) is 2.93. The summed E-state index contributed by atoms with van der Waals surface area (Å²) < 4.78 is 18.1. The van der Waals surface area contributed by atoms with Gasteiger partial charge in [-0.25, -0.2) is 9.78 Å². The molecule has 0 saturated carbocycles. The maximum atomic E-state index is 11.3. The maximum Gasteiger partial charge on any atom is 0.338 e. The molecule has 0 aliphatic rings. The van der Waals surface area contributed by atoms with Crippen molar-refractivity contribution in [3.05, 3.63) is 23.4 Å². The van der Waals surface area contributed by atoms with Crippen LogP contribution in [0.5, 0.6) is 0 Å². The van der Waals surface area contributed by atoms with E-state index in [0.29, 0.717) is 16.9 Å². The van der Waals surface area contributed by atoms with Gasteiger partial charge in [-0.3, -0.25) is 0 Å². The van der Waals surface area contributed by atoms with E-state index < -0.39 is 17.3 Å². The number of nitrogens with zero attached hydrogens (tertiary/aromatic N) is 1. The fourth-order valence-corrected chi connectivity index (χ4v) is 1.46. The monoisotopic (exact) mass is 228 g/mol. The number of carbonyl (C=O) groups is 1. The number of rotatable bonds is 3. The van der Waals surface area contributed by atoms with E-state index in [-0.39, 0.29) is 0 Å². The summed E-state index contributed by atoms with van der Waals surface area (Å²) in [5.74, 6) is -0.0401. The summed E-state index contributed by atoms with van der Waals surface area (Å²) in [4.78, 5) is 15.3. The molecule has 0 aliphatic heterocycles. The molecule has 0 saturated heterocycles. The van der Waals surface area contributed by atoms with Crippen LogP contribution in [0, 0.1) is 6.92 Å². The van der Waals surface area contributed by atoms with Crippen molar-refractivity contribution in [2.24, 2.45) is 0 Å². The second-order valence-corrected chi connectivity index (χ2v) is 4.04. The zero-order chi connectivity index (χ0) is 11.4. The Hall–Kier alpha value is -1.27. The quantitative estimate of drug-likeness (QED) is 0.614. The first kappa shape index (κ1) is 11.8.